The first kappa shape index (κ1) is 15.6. The predicted octanol–water partition coefficient (Wildman–Crippen LogP) is 1.65. The van der Waals surface area contributed by atoms with Crippen LogP contribution in [0, 0.1) is 0 Å². The van der Waals surface area contributed by atoms with Crippen LogP contribution in [0.5, 0.6) is 0 Å². The summed E-state index contributed by atoms with van der Waals surface area (Å²) < 4.78 is 4.30. The van der Waals surface area contributed by atoms with Crippen LogP contribution in [0.3, 0.4) is 0 Å². The van der Waals surface area contributed by atoms with Crippen LogP contribution in [0.2, 0.25) is 10.0 Å². The average molecular weight is 307 g/mol. The molecule has 0 heterocycles. The van der Waals surface area contributed by atoms with Crippen molar-refractivity contribution < 1.29 is 19.4 Å². The molecular formula is C11H12Cl2N2O4. The fourth-order valence-corrected chi connectivity index (χ4v) is 1.51. The predicted molar refractivity (Wildman–Crippen MR) is 71.5 cm³/mol. The van der Waals surface area contributed by atoms with Gasteiger partial charge in [0, 0.05) is 5.02 Å². The lowest BCUT2D eigenvalue weighted by molar-refractivity contribution is -0.149. The number of hydrogen-bond acceptors (Lipinski definition) is 4. The number of carbonyl (C=O) groups excluding carboxylic acids is 2. The molecule has 0 aromatic heterocycles. The van der Waals surface area contributed by atoms with E-state index in [9.17, 15) is 14.7 Å². The minimum absolute atomic E-state index is 0.281. The summed E-state index contributed by atoms with van der Waals surface area (Å²) >= 11 is 11.6. The first-order valence-electron chi connectivity index (χ1n) is 5.20. The molecule has 1 atom stereocenters. The average Bonchev–Trinajstić information content (AvgIpc) is 2.39. The number of aliphatic hydroxyl groups is 1. The molecular weight excluding hydrogens is 295 g/mol. The molecule has 0 fully saturated rings. The van der Waals surface area contributed by atoms with Crippen molar-refractivity contribution in [1.82, 2.24) is 5.32 Å². The monoisotopic (exact) mass is 306 g/mol. The Bertz CT molecular complexity index is 482. The zero-order chi connectivity index (χ0) is 14.4. The zero-order valence-corrected chi connectivity index (χ0v) is 11.5. The normalized spacial score (nSPS) is 11.6. The van der Waals surface area contributed by atoms with E-state index in [4.69, 9.17) is 23.2 Å². The Morgan fingerprint density at radius 2 is 2.11 bits per heavy atom. The van der Waals surface area contributed by atoms with Gasteiger partial charge in [-0.15, -0.1) is 0 Å². The van der Waals surface area contributed by atoms with E-state index in [-0.39, 0.29) is 6.54 Å². The first-order chi connectivity index (χ1) is 8.93. The fraction of sp³-hybridized carbons (Fsp3) is 0.273. The fourth-order valence-electron chi connectivity index (χ4n) is 1.17. The number of urea groups is 1. The third-order valence-electron chi connectivity index (χ3n) is 2.11. The highest BCUT2D eigenvalue weighted by molar-refractivity contribution is 6.35. The maximum absolute atomic E-state index is 11.5. The summed E-state index contributed by atoms with van der Waals surface area (Å²) in [4.78, 5) is 22.4. The van der Waals surface area contributed by atoms with Gasteiger partial charge in [0.25, 0.3) is 0 Å². The smallest absolute Gasteiger partial charge is 0.336 e. The molecule has 0 aliphatic carbocycles. The van der Waals surface area contributed by atoms with Crippen LogP contribution in [0.1, 0.15) is 0 Å². The van der Waals surface area contributed by atoms with Crippen molar-refractivity contribution in [3.05, 3.63) is 28.2 Å². The van der Waals surface area contributed by atoms with Gasteiger partial charge in [-0.25, -0.2) is 9.59 Å². The molecule has 1 rings (SSSR count). The second-order valence-electron chi connectivity index (χ2n) is 3.50. The van der Waals surface area contributed by atoms with E-state index in [2.05, 4.69) is 15.4 Å². The van der Waals surface area contributed by atoms with Gasteiger partial charge in [0.1, 0.15) is 0 Å². The third-order valence-corrected chi connectivity index (χ3v) is 2.67. The van der Waals surface area contributed by atoms with Crippen LogP contribution in [0.25, 0.3) is 0 Å². The number of nitrogens with one attached hydrogen (secondary N) is 2. The van der Waals surface area contributed by atoms with Crippen molar-refractivity contribution in [2.45, 2.75) is 6.10 Å². The summed E-state index contributed by atoms with van der Waals surface area (Å²) in [6.45, 7) is -0.281. The number of anilines is 1. The standard InChI is InChI=1S/C11H12Cl2N2O4/c1-19-10(17)9(16)5-14-11(18)15-8-4-6(12)2-3-7(8)13/h2-4,9,16H,5H2,1H3,(H2,14,15,18)/t9-/m0/s1. The van der Waals surface area contributed by atoms with Crippen LogP contribution in [0.4, 0.5) is 10.5 Å². The molecule has 6 nitrogen and oxygen atoms in total. The van der Waals surface area contributed by atoms with Gasteiger partial charge in [0.05, 0.1) is 24.4 Å². The number of rotatable bonds is 4. The van der Waals surface area contributed by atoms with Crippen molar-refractivity contribution in [1.29, 1.82) is 0 Å². The highest BCUT2D eigenvalue weighted by atomic mass is 35.5. The number of halogens is 2. The van der Waals surface area contributed by atoms with Gasteiger partial charge in [-0.2, -0.15) is 0 Å². The second kappa shape index (κ2) is 7.18. The van der Waals surface area contributed by atoms with Gasteiger partial charge in [0.2, 0.25) is 0 Å². The number of ether oxygens (including phenoxy) is 1. The molecule has 0 aliphatic rings. The number of amides is 2. The summed E-state index contributed by atoms with van der Waals surface area (Å²) in [5.74, 6) is -0.832. The molecule has 3 N–H and O–H groups in total. The minimum Gasteiger partial charge on any atom is -0.467 e. The van der Waals surface area contributed by atoms with Crippen LogP contribution in [-0.4, -0.2) is 36.9 Å². The number of benzene rings is 1. The topological polar surface area (TPSA) is 87.7 Å². The highest BCUT2D eigenvalue weighted by Gasteiger charge is 2.16. The Hall–Kier alpha value is -1.50. The molecule has 8 heteroatoms. The van der Waals surface area contributed by atoms with Gasteiger partial charge >= 0.3 is 12.0 Å². The van der Waals surface area contributed by atoms with Crippen LogP contribution >= 0.6 is 23.2 Å². The van der Waals surface area contributed by atoms with Crippen molar-refractivity contribution in [3.8, 4) is 0 Å². The van der Waals surface area contributed by atoms with E-state index >= 15 is 0 Å². The molecule has 0 saturated heterocycles. The largest absolute Gasteiger partial charge is 0.467 e. The van der Waals surface area contributed by atoms with E-state index in [1.54, 1.807) is 6.07 Å². The molecule has 0 aliphatic heterocycles. The number of carbonyl (C=O) groups is 2. The quantitative estimate of drug-likeness (QED) is 0.738. The third kappa shape index (κ3) is 4.94. The number of hydrogen-bond donors (Lipinski definition) is 3. The molecule has 19 heavy (non-hydrogen) atoms. The molecule has 104 valence electrons. The van der Waals surface area contributed by atoms with Crippen LogP contribution < -0.4 is 10.6 Å². The van der Waals surface area contributed by atoms with Crippen molar-refractivity contribution >= 4 is 40.9 Å². The lowest BCUT2D eigenvalue weighted by atomic mass is 10.3. The van der Waals surface area contributed by atoms with Gasteiger partial charge in [-0.1, -0.05) is 23.2 Å². The summed E-state index contributed by atoms with van der Waals surface area (Å²) in [6.07, 6.45) is -1.43. The Morgan fingerprint density at radius 1 is 1.42 bits per heavy atom. The molecule has 1 aromatic carbocycles. The lowest BCUT2D eigenvalue weighted by Gasteiger charge is -2.11. The summed E-state index contributed by atoms with van der Waals surface area (Å²) in [5, 5.41) is 14.7. The van der Waals surface area contributed by atoms with E-state index in [0.29, 0.717) is 15.7 Å². The van der Waals surface area contributed by atoms with E-state index in [1.807, 2.05) is 0 Å². The molecule has 0 unspecified atom stereocenters. The van der Waals surface area contributed by atoms with Gasteiger partial charge in [-0.3, -0.25) is 0 Å². The van der Waals surface area contributed by atoms with Gasteiger partial charge < -0.3 is 20.5 Å². The van der Waals surface area contributed by atoms with Gasteiger partial charge in [0.15, 0.2) is 6.10 Å². The van der Waals surface area contributed by atoms with Crippen LogP contribution in [0.15, 0.2) is 18.2 Å². The second-order valence-corrected chi connectivity index (χ2v) is 4.34. The van der Waals surface area contributed by atoms with E-state index in [1.165, 1.54) is 12.1 Å². The Kier molecular flexibility index (Phi) is 5.88. The first-order valence-corrected chi connectivity index (χ1v) is 5.95. The van der Waals surface area contributed by atoms with Crippen molar-refractivity contribution in [2.75, 3.05) is 19.0 Å². The zero-order valence-electron chi connectivity index (χ0n) is 9.94. The Labute approximate surface area is 119 Å². The molecule has 0 radical (unpaired) electrons. The summed E-state index contributed by atoms with van der Waals surface area (Å²) in [7, 11) is 1.14. The van der Waals surface area contributed by atoms with Gasteiger partial charge in [-0.05, 0) is 18.2 Å². The summed E-state index contributed by atoms with van der Waals surface area (Å²) in [6, 6.07) is 3.95. The Balaban J connectivity index is 2.52. The van der Waals surface area contributed by atoms with Crippen molar-refractivity contribution in [3.63, 3.8) is 0 Å². The minimum atomic E-state index is -1.43. The number of methoxy groups -OCH3 is 1. The maximum atomic E-state index is 11.5. The maximum Gasteiger partial charge on any atom is 0.336 e. The molecule has 1 aromatic rings. The van der Waals surface area contributed by atoms with Crippen LogP contribution in [-0.2, 0) is 9.53 Å². The molecule has 0 spiro atoms. The summed E-state index contributed by atoms with van der Waals surface area (Å²) in [5.41, 5.74) is 0.319. The number of esters is 1. The number of aliphatic hydroxyl groups excluding tert-OH is 1. The van der Waals surface area contributed by atoms with E-state index in [0.717, 1.165) is 7.11 Å². The highest BCUT2D eigenvalue weighted by Crippen LogP contribution is 2.25. The molecule has 0 saturated carbocycles. The van der Waals surface area contributed by atoms with E-state index < -0.39 is 18.1 Å². The Morgan fingerprint density at radius 3 is 2.74 bits per heavy atom. The lowest BCUT2D eigenvalue weighted by Crippen LogP contribution is -2.39. The van der Waals surface area contributed by atoms with Crippen molar-refractivity contribution in [2.24, 2.45) is 0 Å². The molecule has 2 amide bonds. The molecule has 0 bridgehead atoms. The SMILES string of the molecule is COC(=O)[C@@H](O)CNC(=O)Nc1cc(Cl)ccc1Cl.